The van der Waals surface area contributed by atoms with Crippen molar-refractivity contribution >= 4 is 12.0 Å². The van der Waals surface area contributed by atoms with Crippen LogP contribution in [0.4, 0.5) is 13.2 Å². The third-order valence-corrected chi connectivity index (χ3v) is 2.94. The molecule has 108 valence electrons. The number of ether oxygens (including phenoxy) is 1. The molecule has 1 atom stereocenters. The molecule has 0 saturated carbocycles. The van der Waals surface area contributed by atoms with E-state index >= 15 is 0 Å². The zero-order valence-corrected chi connectivity index (χ0v) is 10.9. The number of halogens is 3. The van der Waals surface area contributed by atoms with E-state index < -0.39 is 23.8 Å². The maximum atomic E-state index is 13.0. The maximum absolute atomic E-state index is 13.0. The van der Waals surface area contributed by atoms with Gasteiger partial charge in [-0.05, 0) is 31.6 Å². The molecule has 0 spiro atoms. The Kier molecular flexibility index (Phi) is 3.47. The number of benzene rings is 1. The van der Waals surface area contributed by atoms with Gasteiger partial charge in [-0.15, -0.1) is 0 Å². The minimum absolute atomic E-state index is 0.124. The predicted molar refractivity (Wildman–Crippen MR) is 63.3 cm³/mol. The monoisotopic (exact) mass is 288 g/mol. The smallest absolute Gasteiger partial charge is 0.430 e. The third-order valence-electron chi connectivity index (χ3n) is 2.94. The summed E-state index contributed by atoms with van der Waals surface area (Å²) >= 11 is 0. The van der Waals surface area contributed by atoms with Crippen LogP contribution in [0.5, 0.6) is 5.75 Å². The van der Waals surface area contributed by atoms with Crippen LogP contribution in [0.25, 0.3) is 6.08 Å². The lowest BCUT2D eigenvalue weighted by molar-refractivity contribution is -0.656. The van der Waals surface area contributed by atoms with E-state index in [1.807, 2.05) is 0 Å². The molecule has 1 aliphatic heterocycles. The number of carbonyl (C=O) groups is 1. The highest BCUT2D eigenvalue weighted by Gasteiger charge is 2.49. The summed E-state index contributed by atoms with van der Waals surface area (Å²) < 4.78 is 44.0. The van der Waals surface area contributed by atoms with Crippen molar-refractivity contribution in [2.45, 2.75) is 26.1 Å². The van der Waals surface area contributed by atoms with Crippen LogP contribution in [0.3, 0.4) is 0 Å². The summed E-state index contributed by atoms with van der Waals surface area (Å²) in [5.41, 5.74) is 1.25. The standard InChI is InChI=1S/C13H13F3NO3/c1-6-3-7(2)10-8(4-6)5-9(12(18)20-17)11(19-10)13(14,15)16/h3-5,11H,1-2,17H3/q+1. The van der Waals surface area contributed by atoms with Crippen molar-refractivity contribution in [3.8, 4) is 5.75 Å². The van der Waals surface area contributed by atoms with Crippen molar-refractivity contribution in [2.24, 2.45) is 0 Å². The lowest BCUT2D eigenvalue weighted by Gasteiger charge is -2.28. The molecule has 1 aromatic carbocycles. The molecule has 20 heavy (non-hydrogen) atoms. The average Bonchev–Trinajstić information content (AvgIpc) is 2.35. The van der Waals surface area contributed by atoms with Gasteiger partial charge in [0.05, 0.1) is 5.57 Å². The second-order valence-electron chi connectivity index (χ2n) is 4.57. The molecule has 1 unspecified atom stereocenters. The highest BCUT2D eigenvalue weighted by Crippen LogP contribution is 2.39. The van der Waals surface area contributed by atoms with Crippen LogP contribution < -0.4 is 10.6 Å². The van der Waals surface area contributed by atoms with E-state index in [0.717, 1.165) is 11.6 Å². The largest absolute Gasteiger partial charge is 0.475 e. The summed E-state index contributed by atoms with van der Waals surface area (Å²) in [4.78, 5) is 15.6. The minimum atomic E-state index is -4.71. The van der Waals surface area contributed by atoms with Crippen LogP contribution in [0.2, 0.25) is 0 Å². The van der Waals surface area contributed by atoms with Crippen LogP contribution in [0.15, 0.2) is 17.7 Å². The van der Waals surface area contributed by atoms with Gasteiger partial charge in [-0.1, -0.05) is 11.6 Å². The Morgan fingerprint density at radius 2 is 2.00 bits per heavy atom. The highest BCUT2D eigenvalue weighted by atomic mass is 19.4. The third kappa shape index (κ3) is 2.49. The second kappa shape index (κ2) is 4.82. The van der Waals surface area contributed by atoms with E-state index in [9.17, 15) is 18.0 Å². The quantitative estimate of drug-likeness (QED) is 0.800. The number of hydrogen-bond acceptors (Lipinski definition) is 3. The molecular formula is C13H13F3NO3+. The number of hydrogen-bond donors (Lipinski definition) is 1. The number of rotatable bonds is 1. The Bertz CT molecular complexity index is 593. The van der Waals surface area contributed by atoms with Crippen molar-refractivity contribution in [2.75, 3.05) is 0 Å². The first-order valence-corrected chi connectivity index (χ1v) is 5.76. The van der Waals surface area contributed by atoms with E-state index in [4.69, 9.17) is 4.74 Å². The maximum Gasteiger partial charge on any atom is 0.430 e. The topological polar surface area (TPSA) is 63.2 Å². The lowest BCUT2D eigenvalue weighted by atomic mass is 9.97. The van der Waals surface area contributed by atoms with E-state index in [2.05, 4.69) is 10.7 Å². The summed E-state index contributed by atoms with van der Waals surface area (Å²) in [6.07, 6.45) is -5.91. The molecule has 2 rings (SSSR count). The first-order valence-electron chi connectivity index (χ1n) is 5.76. The Balaban J connectivity index is 2.60. The number of carbonyl (C=O) groups excluding carboxylic acids is 1. The van der Waals surface area contributed by atoms with E-state index in [0.29, 0.717) is 11.1 Å². The molecule has 0 saturated heterocycles. The van der Waals surface area contributed by atoms with Crippen LogP contribution >= 0.6 is 0 Å². The SMILES string of the molecule is Cc1cc(C)c2c(c1)C=C(C(=O)O[NH3+])C(C(F)(F)F)O2. The predicted octanol–water partition coefficient (Wildman–Crippen LogP) is 1.71. The van der Waals surface area contributed by atoms with Crippen molar-refractivity contribution in [1.82, 2.24) is 0 Å². The van der Waals surface area contributed by atoms with Crippen molar-refractivity contribution in [3.05, 3.63) is 34.4 Å². The number of fused-ring (bicyclic) bond motifs is 1. The van der Waals surface area contributed by atoms with Gasteiger partial charge in [-0.25, -0.2) is 4.79 Å². The summed E-state index contributed by atoms with van der Waals surface area (Å²) in [6, 6.07) is 3.36. The van der Waals surface area contributed by atoms with Gasteiger partial charge in [0.25, 0.3) is 0 Å². The number of aryl methyl sites for hydroxylation is 2. The van der Waals surface area contributed by atoms with Gasteiger partial charge >= 0.3 is 12.1 Å². The second-order valence-corrected chi connectivity index (χ2v) is 4.57. The molecule has 4 nitrogen and oxygen atoms in total. The van der Waals surface area contributed by atoms with Gasteiger partial charge < -0.3 is 4.74 Å². The molecule has 3 N–H and O–H groups in total. The van der Waals surface area contributed by atoms with E-state index in [1.165, 1.54) is 0 Å². The molecule has 0 fully saturated rings. The van der Waals surface area contributed by atoms with Crippen LogP contribution in [0.1, 0.15) is 16.7 Å². The van der Waals surface area contributed by atoms with Crippen molar-refractivity contribution in [3.63, 3.8) is 0 Å². The molecular weight excluding hydrogens is 275 g/mol. The van der Waals surface area contributed by atoms with Gasteiger partial charge in [0.2, 0.25) is 6.10 Å². The zero-order chi connectivity index (χ0) is 15.1. The molecule has 1 heterocycles. The van der Waals surface area contributed by atoms with Gasteiger partial charge in [0, 0.05) is 5.56 Å². The highest BCUT2D eigenvalue weighted by molar-refractivity contribution is 5.96. The average molecular weight is 288 g/mol. The Morgan fingerprint density at radius 1 is 1.35 bits per heavy atom. The summed E-state index contributed by atoms with van der Waals surface area (Å²) in [5, 5.41) is 0. The molecule has 0 radical (unpaired) electrons. The Labute approximate surface area is 112 Å². The molecule has 1 aliphatic rings. The Hall–Kier alpha value is -2.02. The Morgan fingerprint density at radius 3 is 2.55 bits per heavy atom. The fourth-order valence-electron chi connectivity index (χ4n) is 2.17. The summed E-state index contributed by atoms with van der Waals surface area (Å²) in [6.45, 7) is 3.45. The molecule has 0 aromatic heterocycles. The molecule has 0 amide bonds. The molecule has 1 aromatic rings. The fourth-order valence-corrected chi connectivity index (χ4v) is 2.17. The van der Waals surface area contributed by atoms with Crippen molar-refractivity contribution in [1.29, 1.82) is 0 Å². The summed E-state index contributed by atoms with van der Waals surface area (Å²) in [5.74, 6) is 1.82. The van der Waals surface area contributed by atoms with Crippen LogP contribution in [0, 0.1) is 13.8 Å². The van der Waals surface area contributed by atoms with E-state index in [1.54, 1.807) is 26.0 Å². The normalized spacial score (nSPS) is 17.9. The fraction of sp³-hybridized carbons (Fsp3) is 0.308. The molecule has 7 heteroatoms. The first kappa shape index (κ1) is 14.4. The first-order chi connectivity index (χ1) is 9.24. The van der Waals surface area contributed by atoms with Gasteiger partial charge in [0.15, 0.2) is 0 Å². The van der Waals surface area contributed by atoms with Crippen LogP contribution in [-0.4, -0.2) is 18.2 Å². The number of alkyl halides is 3. The number of quaternary nitrogens is 1. The lowest BCUT2D eigenvalue weighted by Crippen LogP contribution is -2.53. The summed E-state index contributed by atoms with van der Waals surface area (Å²) in [7, 11) is 0. The molecule has 0 aliphatic carbocycles. The van der Waals surface area contributed by atoms with Gasteiger partial charge in [-0.2, -0.15) is 19.1 Å². The van der Waals surface area contributed by atoms with E-state index in [-0.39, 0.29) is 5.75 Å². The van der Waals surface area contributed by atoms with Crippen molar-refractivity contribution < 1.29 is 33.4 Å². The zero-order valence-electron chi connectivity index (χ0n) is 10.9. The van der Waals surface area contributed by atoms with Gasteiger partial charge in [-0.3, -0.25) is 4.84 Å². The molecule has 0 bridgehead atoms. The van der Waals surface area contributed by atoms with Crippen LogP contribution in [-0.2, 0) is 9.63 Å². The van der Waals surface area contributed by atoms with Gasteiger partial charge in [0.1, 0.15) is 5.75 Å². The minimum Gasteiger partial charge on any atom is -0.475 e.